The fourth-order valence-corrected chi connectivity index (χ4v) is 5.32. The van der Waals surface area contributed by atoms with Gasteiger partial charge in [0.25, 0.3) is 0 Å². The fourth-order valence-electron chi connectivity index (χ4n) is 4.12. The minimum Gasteiger partial charge on any atom is -0.293 e. The summed E-state index contributed by atoms with van der Waals surface area (Å²) in [6, 6.07) is 16.0. The van der Waals surface area contributed by atoms with Crippen molar-refractivity contribution < 1.29 is 13.6 Å². The van der Waals surface area contributed by atoms with Crippen molar-refractivity contribution in [2.75, 3.05) is 0 Å². The molecule has 0 atom stereocenters. The van der Waals surface area contributed by atoms with Gasteiger partial charge in [0, 0.05) is 34.8 Å². The Morgan fingerprint density at radius 3 is 2.47 bits per heavy atom. The lowest BCUT2D eigenvalue weighted by atomic mass is 9.98. The third kappa shape index (κ3) is 4.23. The average Bonchev–Trinajstić information content (AvgIpc) is 3.14. The number of hydrogen-bond donors (Lipinski definition) is 0. The van der Waals surface area contributed by atoms with Crippen LogP contribution in [0.25, 0.3) is 21.6 Å². The monoisotopic (exact) mass is 467 g/mol. The predicted octanol–water partition coefficient (Wildman–Crippen LogP) is 7.09. The molecule has 0 spiro atoms. The van der Waals surface area contributed by atoms with E-state index in [0.717, 1.165) is 46.4 Å². The first-order valence-corrected chi connectivity index (χ1v) is 11.0. The molecule has 1 aliphatic carbocycles. The van der Waals surface area contributed by atoms with Crippen molar-refractivity contribution >= 4 is 29.5 Å². The number of nitrogens with zero attached hydrogens (tertiary/aromatic N) is 1. The zero-order valence-corrected chi connectivity index (χ0v) is 18.7. The van der Waals surface area contributed by atoms with Crippen molar-refractivity contribution in [2.45, 2.75) is 25.7 Å². The van der Waals surface area contributed by atoms with Crippen molar-refractivity contribution in [1.82, 2.24) is 4.98 Å². The number of halogens is 3. The predicted molar refractivity (Wildman–Crippen MR) is 127 cm³/mol. The summed E-state index contributed by atoms with van der Waals surface area (Å²) in [4.78, 5) is 18.7. The molecule has 2 heterocycles. The number of Topliss-reactive ketones (excluding diaryl/α,β-unsaturated/α-hetero) is 1. The number of pyridine rings is 1. The van der Waals surface area contributed by atoms with Crippen LogP contribution in [0.15, 0.2) is 67.0 Å². The van der Waals surface area contributed by atoms with Gasteiger partial charge in [0.2, 0.25) is 0 Å². The third-order valence-electron chi connectivity index (χ3n) is 5.72. The zero-order chi connectivity index (χ0) is 21.4. The third-order valence-corrected chi connectivity index (χ3v) is 6.98. The van der Waals surface area contributed by atoms with Crippen molar-refractivity contribution in [3.05, 3.63) is 100 Å². The quantitative estimate of drug-likeness (QED) is 0.300. The first-order valence-electron chi connectivity index (χ1n) is 10.2. The van der Waals surface area contributed by atoms with E-state index in [2.05, 4.69) is 23.2 Å². The molecule has 0 amide bonds. The van der Waals surface area contributed by atoms with Gasteiger partial charge in [-0.3, -0.25) is 9.78 Å². The molecule has 0 fully saturated rings. The van der Waals surface area contributed by atoms with Gasteiger partial charge in [-0.25, -0.2) is 8.78 Å². The number of rotatable bonds is 4. The summed E-state index contributed by atoms with van der Waals surface area (Å²) in [6.07, 6.45) is 6.17. The second kappa shape index (κ2) is 9.31. The standard InChI is InChI=1S/C26H19F2NOS.ClH/c27-22-7-2-8-23(28)21(22)14-24(30)25-13-18-5-1-4-16-9-10-17(12-20(16)26(18)31-25)19-6-3-11-29-15-19;/h2-3,6-13,15H,1,4-5,14H2;1H. The molecule has 0 bridgehead atoms. The van der Waals surface area contributed by atoms with Crippen LogP contribution in [-0.4, -0.2) is 10.8 Å². The van der Waals surface area contributed by atoms with E-state index >= 15 is 0 Å². The Labute approximate surface area is 195 Å². The maximum absolute atomic E-state index is 14.0. The SMILES string of the molecule is Cl.O=C(Cc1c(F)cccc1F)c1cc2c(s1)-c1cc(-c3cccnc3)ccc1CCC2. The Bertz CT molecular complexity index is 1270. The Kier molecular flexibility index (Phi) is 6.49. The van der Waals surface area contributed by atoms with E-state index in [1.54, 1.807) is 6.20 Å². The molecule has 0 saturated heterocycles. The van der Waals surface area contributed by atoms with E-state index in [1.165, 1.54) is 35.1 Å². The Morgan fingerprint density at radius 2 is 1.72 bits per heavy atom. The highest BCUT2D eigenvalue weighted by molar-refractivity contribution is 7.17. The van der Waals surface area contributed by atoms with E-state index in [-0.39, 0.29) is 30.2 Å². The molecule has 162 valence electrons. The van der Waals surface area contributed by atoms with Gasteiger partial charge in [-0.05, 0) is 71.8 Å². The van der Waals surface area contributed by atoms with Crippen LogP contribution in [0.4, 0.5) is 8.78 Å². The van der Waals surface area contributed by atoms with Gasteiger partial charge in [0.1, 0.15) is 11.6 Å². The summed E-state index contributed by atoms with van der Waals surface area (Å²) in [5.74, 6) is -1.62. The number of aryl methyl sites for hydroxylation is 2. The molecule has 0 radical (unpaired) electrons. The number of aromatic nitrogens is 1. The van der Waals surface area contributed by atoms with Crippen molar-refractivity contribution in [1.29, 1.82) is 0 Å². The van der Waals surface area contributed by atoms with Crippen LogP contribution in [0.5, 0.6) is 0 Å². The smallest absolute Gasteiger partial charge is 0.177 e. The molecule has 2 aromatic heterocycles. The van der Waals surface area contributed by atoms with E-state index < -0.39 is 11.6 Å². The number of ketones is 1. The summed E-state index contributed by atoms with van der Waals surface area (Å²) in [7, 11) is 0. The zero-order valence-electron chi connectivity index (χ0n) is 17.1. The number of thiophene rings is 1. The highest BCUT2D eigenvalue weighted by Crippen LogP contribution is 2.41. The molecular formula is C26H20ClF2NOS. The van der Waals surface area contributed by atoms with E-state index in [0.29, 0.717) is 4.88 Å². The van der Waals surface area contributed by atoms with Gasteiger partial charge < -0.3 is 0 Å². The maximum Gasteiger partial charge on any atom is 0.177 e. The molecule has 5 rings (SSSR count). The Hall–Kier alpha value is -2.89. The largest absolute Gasteiger partial charge is 0.293 e. The Morgan fingerprint density at radius 1 is 0.938 bits per heavy atom. The topological polar surface area (TPSA) is 30.0 Å². The van der Waals surface area contributed by atoms with Crippen LogP contribution in [0.2, 0.25) is 0 Å². The summed E-state index contributed by atoms with van der Waals surface area (Å²) >= 11 is 1.42. The molecule has 4 aromatic rings. The average molecular weight is 468 g/mol. The fraction of sp³-hybridized carbons (Fsp3) is 0.154. The second-order valence-corrected chi connectivity index (χ2v) is 8.78. The number of carbonyl (C=O) groups excluding carboxylic acids is 1. The first-order chi connectivity index (χ1) is 15.1. The summed E-state index contributed by atoms with van der Waals surface area (Å²) in [6.45, 7) is 0. The van der Waals surface area contributed by atoms with Crippen LogP contribution in [-0.2, 0) is 19.3 Å². The number of benzene rings is 2. The van der Waals surface area contributed by atoms with E-state index in [9.17, 15) is 13.6 Å². The first kappa shape index (κ1) is 22.3. The van der Waals surface area contributed by atoms with Gasteiger partial charge in [0.15, 0.2) is 5.78 Å². The van der Waals surface area contributed by atoms with Gasteiger partial charge in [-0.2, -0.15) is 0 Å². The molecule has 2 aromatic carbocycles. The minimum absolute atomic E-state index is 0. The number of carbonyl (C=O) groups is 1. The molecule has 6 heteroatoms. The summed E-state index contributed by atoms with van der Waals surface area (Å²) in [5, 5.41) is 0. The normalized spacial score (nSPS) is 12.3. The molecule has 1 aliphatic rings. The lowest BCUT2D eigenvalue weighted by Gasteiger charge is -2.09. The molecule has 0 unspecified atom stereocenters. The van der Waals surface area contributed by atoms with Gasteiger partial charge in [0.05, 0.1) is 4.88 Å². The molecule has 0 N–H and O–H groups in total. The van der Waals surface area contributed by atoms with Crippen LogP contribution >= 0.6 is 23.7 Å². The van der Waals surface area contributed by atoms with Gasteiger partial charge >= 0.3 is 0 Å². The molecule has 0 aliphatic heterocycles. The molecular weight excluding hydrogens is 448 g/mol. The van der Waals surface area contributed by atoms with Crippen molar-refractivity contribution in [3.63, 3.8) is 0 Å². The molecule has 32 heavy (non-hydrogen) atoms. The number of hydrogen-bond acceptors (Lipinski definition) is 3. The van der Waals surface area contributed by atoms with E-state index in [4.69, 9.17) is 0 Å². The van der Waals surface area contributed by atoms with Gasteiger partial charge in [-0.1, -0.05) is 24.3 Å². The lowest BCUT2D eigenvalue weighted by molar-refractivity contribution is 0.0994. The maximum atomic E-state index is 14.0. The highest BCUT2D eigenvalue weighted by atomic mass is 35.5. The molecule has 2 nitrogen and oxygen atoms in total. The van der Waals surface area contributed by atoms with Crippen molar-refractivity contribution in [2.24, 2.45) is 0 Å². The van der Waals surface area contributed by atoms with Crippen molar-refractivity contribution in [3.8, 4) is 21.6 Å². The van der Waals surface area contributed by atoms with E-state index in [1.807, 2.05) is 24.4 Å². The molecule has 0 saturated carbocycles. The van der Waals surface area contributed by atoms with Crippen LogP contribution in [0.1, 0.15) is 32.8 Å². The minimum atomic E-state index is -0.682. The van der Waals surface area contributed by atoms with Gasteiger partial charge in [-0.15, -0.1) is 23.7 Å². The highest BCUT2D eigenvalue weighted by Gasteiger charge is 2.22. The lowest BCUT2D eigenvalue weighted by Crippen LogP contribution is -2.05. The summed E-state index contributed by atoms with van der Waals surface area (Å²) < 4.78 is 28.0. The van der Waals surface area contributed by atoms with Crippen LogP contribution < -0.4 is 0 Å². The van der Waals surface area contributed by atoms with Crippen LogP contribution in [0.3, 0.4) is 0 Å². The van der Waals surface area contributed by atoms with Crippen LogP contribution in [0, 0.1) is 11.6 Å². The second-order valence-electron chi connectivity index (χ2n) is 7.73. The Balaban J connectivity index is 0.00000245. The number of fused-ring (bicyclic) bond motifs is 3. The summed E-state index contributed by atoms with van der Waals surface area (Å²) in [5.41, 5.74) is 5.47.